The largest absolute Gasteiger partial charge is 0.268 e. The minimum atomic E-state index is 0.00388. The van der Waals surface area contributed by atoms with E-state index in [4.69, 9.17) is 4.98 Å². The van der Waals surface area contributed by atoms with Gasteiger partial charge in [-0.15, -0.1) is 0 Å². The highest BCUT2D eigenvalue weighted by molar-refractivity contribution is 7.99. The first-order chi connectivity index (χ1) is 11.7. The van der Waals surface area contributed by atoms with Gasteiger partial charge in [-0.2, -0.15) is 0 Å². The molecule has 0 amide bonds. The second-order valence-electron chi connectivity index (χ2n) is 5.95. The van der Waals surface area contributed by atoms with Gasteiger partial charge in [-0.25, -0.2) is 4.98 Å². The highest BCUT2D eigenvalue weighted by Crippen LogP contribution is 2.22. The number of thioether (sulfide) groups is 1. The molecule has 0 unspecified atom stereocenters. The molecular weight excluding hydrogens is 316 g/mol. The van der Waals surface area contributed by atoms with Gasteiger partial charge < -0.3 is 0 Å². The van der Waals surface area contributed by atoms with Crippen LogP contribution in [0.4, 0.5) is 0 Å². The molecule has 0 radical (unpaired) electrons. The number of fused-ring (bicyclic) bond motifs is 1. The van der Waals surface area contributed by atoms with Crippen molar-refractivity contribution in [1.29, 1.82) is 0 Å². The van der Waals surface area contributed by atoms with E-state index in [0.29, 0.717) is 5.39 Å². The van der Waals surface area contributed by atoms with Crippen LogP contribution in [0.3, 0.4) is 0 Å². The number of aryl methyl sites for hydroxylation is 1. The summed E-state index contributed by atoms with van der Waals surface area (Å²) in [7, 11) is 0. The molecule has 3 aromatic rings. The van der Waals surface area contributed by atoms with E-state index in [1.54, 1.807) is 16.3 Å². The topological polar surface area (TPSA) is 34.9 Å². The third-order valence-corrected chi connectivity index (χ3v) is 5.01. The van der Waals surface area contributed by atoms with Crippen LogP contribution in [0, 0.1) is 6.92 Å². The van der Waals surface area contributed by atoms with E-state index < -0.39 is 0 Å². The highest BCUT2D eigenvalue weighted by Gasteiger charge is 2.13. The maximum Gasteiger partial charge on any atom is 0.266 e. The minimum Gasteiger partial charge on any atom is -0.268 e. The van der Waals surface area contributed by atoms with E-state index in [9.17, 15) is 4.79 Å². The summed E-state index contributed by atoms with van der Waals surface area (Å²) >= 11 is 1.67. The van der Waals surface area contributed by atoms with Crippen LogP contribution in [-0.2, 0) is 0 Å². The van der Waals surface area contributed by atoms with E-state index in [1.165, 1.54) is 12.8 Å². The number of rotatable bonds is 6. The molecule has 0 aliphatic carbocycles. The maximum absolute atomic E-state index is 13.1. The van der Waals surface area contributed by atoms with Crippen LogP contribution in [0.1, 0.15) is 31.7 Å². The van der Waals surface area contributed by atoms with Gasteiger partial charge in [0.15, 0.2) is 5.16 Å². The zero-order chi connectivity index (χ0) is 16.9. The van der Waals surface area contributed by atoms with Crippen molar-refractivity contribution in [2.75, 3.05) is 5.75 Å². The molecule has 0 N–H and O–H groups in total. The van der Waals surface area contributed by atoms with E-state index >= 15 is 0 Å². The molecule has 0 fully saturated rings. The number of para-hydroxylation sites is 1. The van der Waals surface area contributed by atoms with Crippen LogP contribution >= 0.6 is 11.8 Å². The summed E-state index contributed by atoms with van der Waals surface area (Å²) in [4.78, 5) is 17.8. The van der Waals surface area contributed by atoms with Gasteiger partial charge in [0.05, 0.1) is 16.6 Å². The average molecular weight is 338 g/mol. The SMILES string of the molecule is CCCCCSc1nc2ccccc2c(=O)n1-c1cccc(C)c1. The lowest BCUT2D eigenvalue weighted by atomic mass is 10.2. The van der Waals surface area contributed by atoms with Crippen LogP contribution in [0.25, 0.3) is 16.6 Å². The van der Waals surface area contributed by atoms with Crippen LogP contribution in [-0.4, -0.2) is 15.3 Å². The quantitative estimate of drug-likeness (QED) is 0.361. The lowest BCUT2D eigenvalue weighted by molar-refractivity contribution is 0.772. The second kappa shape index (κ2) is 7.67. The van der Waals surface area contributed by atoms with Gasteiger partial charge in [-0.1, -0.05) is 55.8 Å². The smallest absolute Gasteiger partial charge is 0.266 e. The number of unbranched alkanes of at least 4 members (excludes halogenated alkanes) is 2. The summed E-state index contributed by atoms with van der Waals surface area (Å²) in [5.41, 5.74) is 2.79. The minimum absolute atomic E-state index is 0.00388. The predicted octanol–water partition coefficient (Wildman–Crippen LogP) is 4.98. The molecule has 1 heterocycles. The standard InChI is InChI=1S/C20H22N2OS/c1-3-4-7-13-24-20-21-18-12-6-5-11-17(18)19(23)22(20)16-10-8-9-15(2)14-16/h5-6,8-12,14H,3-4,7,13H2,1-2H3. The van der Waals surface area contributed by atoms with Crippen molar-refractivity contribution < 1.29 is 0 Å². The predicted molar refractivity (Wildman–Crippen MR) is 102 cm³/mol. The normalized spacial score (nSPS) is 11.1. The van der Waals surface area contributed by atoms with Crippen LogP contribution in [0.15, 0.2) is 58.5 Å². The summed E-state index contributed by atoms with van der Waals surface area (Å²) in [5, 5.41) is 1.44. The highest BCUT2D eigenvalue weighted by atomic mass is 32.2. The Labute approximate surface area is 146 Å². The monoisotopic (exact) mass is 338 g/mol. The zero-order valence-electron chi connectivity index (χ0n) is 14.2. The van der Waals surface area contributed by atoms with Crippen LogP contribution < -0.4 is 5.56 Å². The summed E-state index contributed by atoms with van der Waals surface area (Å²) in [6.45, 7) is 4.23. The van der Waals surface area contributed by atoms with E-state index in [1.807, 2.05) is 55.5 Å². The Hall–Kier alpha value is -2.07. The number of benzene rings is 2. The van der Waals surface area contributed by atoms with Gasteiger partial charge in [-0.05, 0) is 43.2 Å². The van der Waals surface area contributed by atoms with E-state index in [-0.39, 0.29) is 5.56 Å². The first kappa shape index (κ1) is 16.8. The Morgan fingerprint density at radius 2 is 1.92 bits per heavy atom. The van der Waals surface area contributed by atoms with Gasteiger partial charge in [0.2, 0.25) is 0 Å². The molecule has 3 rings (SSSR count). The number of nitrogens with zero attached hydrogens (tertiary/aromatic N) is 2. The first-order valence-corrected chi connectivity index (χ1v) is 9.41. The molecule has 24 heavy (non-hydrogen) atoms. The summed E-state index contributed by atoms with van der Waals surface area (Å²) < 4.78 is 1.76. The molecule has 0 atom stereocenters. The fraction of sp³-hybridized carbons (Fsp3) is 0.300. The summed E-state index contributed by atoms with van der Waals surface area (Å²) in [6, 6.07) is 15.6. The second-order valence-corrected chi connectivity index (χ2v) is 7.01. The Balaban J connectivity index is 2.12. The first-order valence-electron chi connectivity index (χ1n) is 8.42. The van der Waals surface area contributed by atoms with Gasteiger partial charge in [0, 0.05) is 5.75 Å². The lowest BCUT2D eigenvalue weighted by Gasteiger charge is -2.13. The lowest BCUT2D eigenvalue weighted by Crippen LogP contribution is -2.21. The fourth-order valence-electron chi connectivity index (χ4n) is 2.72. The molecule has 0 aliphatic rings. The Kier molecular flexibility index (Phi) is 5.36. The van der Waals surface area contributed by atoms with E-state index in [0.717, 1.165) is 34.1 Å². The third-order valence-electron chi connectivity index (χ3n) is 3.98. The number of aromatic nitrogens is 2. The molecule has 2 aromatic carbocycles. The summed E-state index contributed by atoms with van der Waals surface area (Å²) in [5.74, 6) is 0.977. The molecule has 3 nitrogen and oxygen atoms in total. The number of hydrogen-bond donors (Lipinski definition) is 0. The van der Waals surface area contributed by atoms with Crippen molar-refractivity contribution in [1.82, 2.24) is 9.55 Å². The van der Waals surface area contributed by atoms with E-state index in [2.05, 4.69) is 6.92 Å². The van der Waals surface area contributed by atoms with Gasteiger partial charge >= 0.3 is 0 Å². The Bertz CT molecular complexity index is 902. The van der Waals surface area contributed by atoms with Gasteiger partial charge in [0.1, 0.15) is 0 Å². The third kappa shape index (κ3) is 3.54. The average Bonchev–Trinajstić information content (AvgIpc) is 2.59. The van der Waals surface area contributed by atoms with Crippen molar-refractivity contribution in [3.8, 4) is 5.69 Å². The van der Waals surface area contributed by atoms with Crippen molar-refractivity contribution >= 4 is 22.7 Å². The van der Waals surface area contributed by atoms with Gasteiger partial charge in [-0.3, -0.25) is 9.36 Å². The molecule has 1 aromatic heterocycles. The van der Waals surface area contributed by atoms with Crippen molar-refractivity contribution in [2.24, 2.45) is 0 Å². The maximum atomic E-state index is 13.1. The molecule has 0 saturated carbocycles. The Morgan fingerprint density at radius 3 is 2.71 bits per heavy atom. The van der Waals surface area contributed by atoms with Crippen molar-refractivity contribution in [2.45, 2.75) is 38.3 Å². The van der Waals surface area contributed by atoms with Gasteiger partial charge in [0.25, 0.3) is 5.56 Å². The van der Waals surface area contributed by atoms with Crippen LogP contribution in [0.5, 0.6) is 0 Å². The summed E-state index contributed by atoms with van der Waals surface area (Å²) in [6.07, 6.45) is 3.53. The molecule has 4 heteroatoms. The van der Waals surface area contributed by atoms with Crippen LogP contribution in [0.2, 0.25) is 0 Å². The number of hydrogen-bond acceptors (Lipinski definition) is 3. The van der Waals surface area contributed by atoms with Crippen molar-refractivity contribution in [3.63, 3.8) is 0 Å². The molecule has 0 saturated heterocycles. The van der Waals surface area contributed by atoms with Crippen molar-refractivity contribution in [3.05, 3.63) is 64.4 Å². The Morgan fingerprint density at radius 1 is 1.08 bits per heavy atom. The fourth-order valence-corrected chi connectivity index (χ4v) is 3.73. The molecule has 0 spiro atoms. The molecular formula is C20H22N2OS. The molecule has 0 aliphatic heterocycles. The molecule has 124 valence electrons. The molecule has 0 bridgehead atoms. The zero-order valence-corrected chi connectivity index (χ0v) is 15.0.